The summed E-state index contributed by atoms with van der Waals surface area (Å²) in [4.78, 5) is 24.0. The van der Waals surface area contributed by atoms with Crippen LogP contribution in [0.15, 0.2) is 66.7 Å². The molecule has 30 heavy (non-hydrogen) atoms. The SMILES string of the molecule is O=C(O)c1ccc(NC(CC(=O)c2ccc(Cl)cc2)c2ccc3c(c2)OCO3)cc1. The van der Waals surface area contributed by atoms with Crippen LogP contribution in [0.1, 0.15) is 38.7 Å². The lowest BCUT2D eigenvalue weighted by Gasteiger charge is -2.20. The fraction of sp³-hybridized carbons (Fsp3) is 0.130. The van der Waals surface area contributed by atoms with Gasteiger partial charge >= 0.3 is 5.97 Å². The van der Waals surface area contributed by atoms with Gasteiger partial charge in [-0.1, -0.05) is 17.7 Å². The Kier molecular flexibility index (Phi) is 5.59. The second-order valence-electron chi connectivity index (χ2n) is 6.83. The second kappa shape index (κ2) is 8.47. The maximum atomic E-state index is 12.9. The molecular formula is C23H18ClNO5. The smallest absolute Gasteiger partial charge is 0.335 e. The highest BCUT2D eigenvalue weighted by molar-refractivity contribution is 6.30. The molecule has 0 radical (unpaired) electrons. The van der Waals surface area contributed by atoms with Crippen LogP contribution in [-0.4, -0.2) is 23.7 Å². The zero-order valence-electron chi connectivity index (χ0n) is 15.8. The molecule has 0 bridgehead atoms. The number of ketones is 1. The van der Waals surface area contributed by atoms with Crippen molar-refractivity contribution in [3.05, 3.63) is 88.4 Å². The van der Waals surface area contributed by atoms with Crippen LogP contribution in [0.2, 0.25) is 5.02 Å². The molecular weight excluding hydrogens is 406 g/mol. The molecule has 0 fully saturated rings. The number of aromatic carboxylic acids is 1. The number of ether oxygens (including phenoxy) is 2. The van der Waals surface area contributed by atoms with Crippen molar-refractivity contribution in [3.63, 3.8) is 0 Å². The third-order valence-corrected chi connectivity index (χ3v) is 5.08. The van der Waals surface area contributed by atoms with Crippen LogP contribution < -0.4 is 14.8 Å². The fourth-order valence-corrected chi connectivity index (χ4v) is 3.36. The van der Waals surface area contributed by atoms with Gasteiger partial charge in [0.1, 0.15) is 0 Å². The minimum Gasteiger partial charge on any atom is -0.478 e. The number of anilines is 1. The summed E-state index contributed by atoms with van der Waals surface area (Å²) in [6.07, 6.45) is 0.182. The first kappa shape index (κ1) is 19.8. The first-order valence-corrected chi connectivity index (χ1v) is 9.65. The van der Waals surface area contributed by atoms with Crippen molar-refractivity contribution in [2.75, 3.05) is 12.1 Å². The van der Waals surface area contributed by atoms with E-state index in [0.29, 0.717) is 27.8 Å². The van der Waals surface area contributed by atoms with Gasteiger partial charge in [-0.05, 0) is 66.2 Å². The lowest BCUT2D eigenvalue weighted by molar-refractivity contribution is 0.0696. The Balaban J connectivity index is 1.61. The predicted molar refractivity (Wildman–Crippen MR) is 113 cm³/mol. The summed E-state index contributed by atoms with van der Waals surface area (Å²) < 4.78 is 10.8. The standard InChI is InChI=1S/C23H18ClNO5/c24-17-6-1-14(2-7-17)20(26)12-19(16-5-10-21-22(11-16)30-13-29-21)25-18-8-3-15(4-9-18)23(27)28/h1-11,19,25H,12-13H2,(H,27,28). The van der Waals surface area contributed by atoms with Gasteiger partial charge in [-0.2, -0.15) is 0 Å². The molecule has 1 aliphatic heterocycles. The average Bonchev–Trinajstić information content (AvgIpc) is 3.22. The van der Waals surface area contributed by atoms with Crippen molar-refractivity contribution in [2.24, 2.45) is 0 Å². The summed E-state index contributed by atoms with van der Waals surface area (Å²) in [6.45, 7) is 0.164. The summed E-state index contributed by atoms with van der Waals surface area (Å²) in [5.41, 5.74) is 2.31. The summed E-state index contributed by atoms with van der Waals surface area (Å²) in [5, 5.41) is 13.0. The number of carbonyl (C=O) groups is 2. The molecule has 1 unspecified atom stereocenters. The number of fused-ring (bicyclic) bond motifs is 1. The quantitative estimate of drug-likeness (QED) is 0.508. The van der Waals surface area contributed by atoms with Gasteiger partial charge in [-0.3, -0.25) is 4.79 Å². The van der Waals surface area contributed by atoms with Gasteiger partial charge in [0.2, 0.25) is 6.79 Å². The molecule has 1 heterocycles. The van der Waals surface area contributed by atoms with Gasteiger partial charge in [-0.25, -0.2) is 4.79 Å². The molecule has 1 atom stereocenters. The van der Waals surface area contributed by atoms with Crippen LogP contribution >= 0.6 is 11.6 Å². The van der Waals surface area contributed by atoms with Crippen LogP contribution in [0.3, 0.4) is 0 Å². The summed E-state index contributed by atoms with van der Waals surface area (Å²) in [5.74, 6) is 0.239. The minimum atomic E-state index is -0.994. The molecule has 2 N–H and O–H groups in total. The van der Waals surface area contributed by atoms with Gasteiger partial charge in [-0.15, -0.1) is 0 Å². The van der Waals surface area contributed by atoms with Crippen molar-refractivity contribution in [2.45, 2.75) is 12.5 Å². The zero-order valence-corrected chi connectivity index (χ0v) is 16.6. The molecule has 7 heteroatoms. The van der Waals surface area contributed by atoms with E-state index in [0.717, 1.165) is 5.56 Å². The Morgan fingerprint density at radius 1 is 0.933 bits per heavy atom. The van der Waals surface area contributed by atoms with Gasteiger partial charge in [0.05, 0.1) is 11.6 Å². The average molecular weight is 424 g/mol. The first-order valence-electron chi connectivity index (χ1n) is 9.28. The molecule has 0 amide bonds. The Labute approximate surface area is 178 Å². The Morgan fingerprint density at radius 3 is 2.30 bits per heavy atom. The van der Waals surface area contributed by atoms with E-state index in [1.807, 2.05) is 18.2 Å². The summed E-state index contributed by atoms with van der Waals surface area (Å²) in [7, 11) is 0. The Morgan fingerprint density at radius 2 is 1.60 bits per heavy atom. The molecule has 0 aliphatic carbocycles. The molecule has 0 spiro atoms. The van der Waals surface area contributed by atoms with Crippen molar-refractivity contribution in [3.8, 4) is 11.5 Å². The summed E-state index contributed by atoms with van der Waals surface area (Å²) in [6, 6.07) is 18.3. The lowest BCUT2D eigenvalue weighted by atomic mass is 9.97. The van der Waals surface area contributed by atoms with Gasteiger partial charge < -0.3 is 19.9 Å². The molecule has 0 aromatic heterocycles. The van der Waals surface area contributed by atoms with E-state index in [4.69, 9.17) is 26.2 Å². The molecule has 0 saturated carbocycles. The maximum Gasteiger partial charge on any atom is 0.335 e. The monoisotopic (exact) mass is 423 g/mol. The van der Waals surface area contributed by atoms with Gasteiger partial charge in [0.25, 0.3) is 0 Å². The van der Waals surface area contributed by atoms with Crippen LogP contribution in [-0.2, 0) is 0 Å². The number of Topliss-reactive ketones (excluding diaryl/α,β-unsaturated/α-hetero) is 1. The highest BCUT2D eigenvalue weighted by Crippen LogP contribution is 2.36. The number of benzene rings is 3. The van der Waals surface area contributed by atoms with Crippen molar-refractivity contribution >= 4 is 29.0 Å². The topological polar surface area (TPSA) is 84.9 Å². The van der Waals surface area contributed by atoms with E-state index < -0.39 is 5.97 Å². The lowest BCUT2D eigenvalue weighted by Crippen LogP contribution is -2.16. The van der Waals surface area contributed by atoms with Crippen LogP contribution in [0.25, 0.3) is 0 Å². The number of nitrogens with one attached hydrogen (secondary N) is 1. The molecule has 3 aromatic rings. The maximum absolute atomic E-state index is 12.9. The molecule has 4 rings (SSSR count). The number of carboxylic acid groups (broad SMARTS) is 1. The number of hydrogen-bond donors (Lipinski definition) is 2. The second-order valence-corrected chi connectivity index (χ2v) is 7.26. The predicted octanol–water partition coefficient (Wildman–Crippen LogP) is 5.19. The number of carboxylic acids is 1. The first-order chi connectivity index (χ1) is 14.5. The molecule has 3 aromatic carbocycles. The van der Waals surface area contributed by atoms with Crippen LogP contribution in [0.5, 0.6) is 11.5 Å². The minimum absolute atomic E-state index is 0.0519. The Bertz CT molecular complexity index is 1080. The Hall–Kier alpha value is -3.51. The highest BCUT2D eigenvalue weighted by Gasteiger charge is 2.21. The highest BCUT2D eigenvalue weighted by atomic mass is 35.5. The van der Waals surface area contributed by atoms with E-state index in [-0.39, 0.29) is 30.6 Å². The van der Waals surface area contributed by atoms with Crippen LogP contribution in [0.4, 0.5) is 5.69 Å². The molecule has 6 nitrogen and oxygen atoms in total. The van der Waals surface area contributed by atoms with E-state index in [1.165, 1.54) is 12.1 Å². The molecule has 152 valence electrons. The largest absolute Gasteiger partial charge is 0.478 e. The van der Waals surface area contributed by atoms with Crippen molar-refractivity contribution in [1.82, 2.24) is 0 Å². The normalized spacial score (nSPS) is 13.0. The third kappa shape index (κ3) is 4.39. The number of hydrogen-bond acceptors (Lipinski definition) is 5. The number of halogens is 1. The van der Waals surface area contributed by atoms with E-state index >= 15 is 0 Å². The number of rotatable bonds is 7. The van der Waals surface area contributed by atoms with Gasteiger partial charge in [0.15, 0.2) is 17.3 Å². The van der Waals surface area contributed by atoms with E-state index in [9.17, 15) is 9.59 Å². The van der Waals surface area contributed by atoms with E-state index in [2.05, 4.69) is 5.32 Å². The zero-order chi connectivity index (χ0) is 21.1. The molecule has 0 saturated heterocycles. The van der Waals surface area contributed by atoms with Crippen molar-refractivity contribution in [1.29, 1.82) is 0 Å². The third-order valence-electron chi connectivity index (χ3n) is 4.83. The fourth-order valence-electron chi connectivity index (χ4n) is 3.23. The van der Waals surface area contributed by atoms with Crippen molar-refractivity contribution < 1.29 is 24.2 Å². The number of carbonyl (C=O) groups excluding carboxylic acids is 1. The van der Waals surface area contributed by atoms with Gasteiger partial charge in [0, 0.05) is 22.7 Å². The molecule has 1 aliphatic rings. The van der Waals surface area contributed by atoms with E-state index in [1.54, 1.807) is 36.4 Å². The summed E-state index contributed by atoms with van der Waals surface area (Å²) >= 11 is 5.92. The van der Waals surface area contributed by atoms with Crippen LogP contribution in [0, 0.1) is 0 Å².